The van der Waals surface area contributed by atoms with Crippen molar-refractivity contribution in [2.45, 2.75) is 32.9 Å². The van der Waals surface area contributed by atoms with E-state index in [1.807, 2.05) is 0 Å². The van der Waals surface area contributed by atoms with Crippen LogP contribution in [-0.2, 0) is 14.3 Å². The van der Waals surface area contributed by atoms with Crippen LogP contribution < -0.4 is 5.32 Å². The van der Waals surface area contributed by atoms with Gasteiger partial charge >= 0.3 is 5.97 Å². The fraction of sp³-hybridized carbons (Fsp3) is 0.778. The van der Waals surface area contributed by atoms with E-state index in [-0.39, 0.29) is 5.92 Å². The Morgan fingerprint density at radius 2 is 1.79 bits per heavy atom. The van der Waals surface area contributed by atoms with Gasteiger partial charge in [-0.1, -0.05) is 13.8 Å². The summed E-state index contributed by atoms with van der Waals surface area (Å²) in [5, 5.41) is 11.2. The van der Waals surface area contributed by atoms with Crippen molar-refractivity contribution in [2.24, 2.45) is 5.92 Å². The number of hydrogen-bond acceptors (Lipinski definition) is 3. The number of carboxylic acids is 1. The predicted octanol–water partition coefficient (Wildman–Crippen LogP) is 0.247. The third-order valence-electron chi connectivity index (χ3n) is 1.95. The molecule has 1 amide bonds. The molecule has 0 bridgehead atoms. The first-order valence-electron chi connectivity index (χ1n) is 4.46. The maximum Gasteiger partial charge on any atom is 0.326 e. The first kappa shape index (κ1) is 12.9. The number of ether oxygens (including phenoxy) is 1. The van der Waals surface area contributed by atoms with Gasteiger partial charge in [-0.15, -0.1) is 0 Å². The molecular weight excluding hydrogens is 186 g/mol. The molecular formula is C9H17NO4. The zero-order valence-electron chi connectivity index (χ0n) is 8.90. The normalized spacial score (nSPS) is 14.9. The zero-order valence-corrected chi connectivity index (χ0v) is 8.90. The number of carboxylic acid groups (broad SMARTS) is 1. The third-order valence-corrected chi connectivity index (χ3v) is 1.95. The van der Waals surface area contributed by atoms with Crippen molar-refractivity contribution in [3.63, 3.8) is 0 Å². The molecule has 0 aromatic rings. The number of amides is 1. The molecule has 14 heavy (non-hydrogen) atoms. The summed E-state index contributed by atoms with van der Waals surface area (Å²) in [6.07, 6.45) is -0.629. The van der Waals surface area contributed by atoms with Gasteiger partial charge in [0, 0.05) is 7.11 Å². The summed E-state index contributed by atoms with van der Waals surface area (Å²) in [5.74, 6) is -1.59. The molecule has 0 spiro atoms. The van der Waals surface area contributed by atoms with E-state index in [4.69, 9.17) is 9.84 Å². The molecule has 5 nitrogen and oxygen atoms in total. The van der Waals surface area contributed by atoms with E-state index < -0.39 is 24.0 Å². The Labute approximate surface area is 83.4 Å². The van der Waals surface area contributed by atoms with Crippen LogP contribution in [0.5, 0.6) is 0 Å². The molecule has 0 saturated heterocycles. The lowest BCUT2D eigenvalue weighted by atomic mass is 10.0. The lowest BCUT2D eigenvalue weighted by Gasteiger charge is -2.19. The van der Waals surface area contributed by atoms with Crippen molar-refractivity contribution < 1.29 is 19.4 Å². The zero-order chi connectivity index (χ0) is 11.3. The number of aliphatic carboxylic acids is 1. The van der Waals surface area contributed by atoms with Gasteiger partial charge in [0.1, 0.15) is 12.1 Å². The van der Waals surface area contributed by atoms with Gasteiger partial charge < -0.3 is 15.2 Å². The standard InChI is InChI=1S/C9H17NO4/c1-5(2)7(9(12)13)10-8(11)6(3)14-4/h5-7H,1-4H3,(H,10,11)(H,12,13). The second kappa shape index (κ2) is 5.59. The summed E-state index contributed by atoms with van der Waals surface area (Å²) < 4.78 is 4.77. The van der Waals surface area contributed by atoms with Crippen LogP contribution in [-0.4, -0.2) is 36.2 Å². The average molecular weight is 203 g/mol. The van der Waals surface area contributed by atoms with Crippen LogP contribution >= 0.6 is 0 Å². The van der Waals surface area contributed by atoms with E-state index in [0.717, 1.165) is 0 Å². The fourth-order valence-corrected chi connectivity index (χ4v) is 0.891. The van der Waals surface area contributed by atoms with Crippen LogP contribution in [0.25, 0.3) is 0 Å². The molecule has 0 radical (unpaired) electrons. The van der Waals surface area contributed by atoms with E-state index >= 15 is 0 Å². The maximum atomic E-state index is 11.3. The minimum Gasteiger partial charge on any atom is -0.480 e. The van der Waals surface area contributed by atoms with Gasteiger partial charge in [-0.3, -0.25) is 4.79 Å². The molecule has 0 aliphatic rings. The highest BCUT2D eigenvalue weighted by Crippen LogP contribution is 2.02. The SMILES string of the molecule is COC(C)C(=O)NC(C(=O)O)C(C)C. The van der Waals surface area contributed by atoms with Gasteiger partial charge in [-0.25, -0.2) is 4.79 Å². The molecule has 0 aliphatic carbocycles. The summed E-state index contributed by atoms with van der Waals surface area (Å²) >= 11 is 0. The number of hydrogen-bond donors (Lipinski definition) is 2. The molecule has 2 unspecified atom stereocenters. The highest BCUT2D eigenvalue weighted by atomic mass is 16.5. The van der Waals surface area contributed by atoms with Crippen LogP contribution in [0.2, 0.25) is 0 Å². The quantitative estimate of drug-likeness (QED) is 0.671. The smallest absolute Gasteiger partial charge is 0.326 e. The van der Waals surface area contributed by atoms with Gasteiger partial charge in [0.15, 0.2) is 0 Å². The third kappa shape index (κ3) is 3.74. The average Bonchev–Trinajstić information content (AvgIpc) is 2.11. The summed E-state index contributed by atoms with van der Waals surface area (Å²) in [6, 6.07) is -0.861. The second-order valence-electron chi connectivity index (χ2n) is 3.45. The van der Waals surface area contributed by atoms with Crippen LogP contribution in [0, 0.1) is 5.92 Å². The van der Waals surface area contributed by atoms with Crippen molar-refractivity contribution in [2.75, 3.05) is 7.11 Å². The summed E-state index contributed by atoms with van der Waals surface area (Å²) in [4.78, 5) is 22.0. The van der Waals surface area contributed by atoms with Crippen LogP contribution in [0.1, 0.15) is 20.8 Å². The topological polar surface area (TPSA) is 75.6 Å². The molecule has 0 aromatic heterocycles. The summed E-state index contributed by atoms with van der Waals surface area (Å²) in [5.41, 5.74) is 0. The van der Waals surface area contributed by atoms with E-state index in [1.54, 1.807) is 20.8 Å². The maximum absolute atomic E-state index is 11.3. The van der Waals surface area contributed by atoms with Crippen molar-refractivity contribution in [3.05, 3.63) is 0 Å². The molecule has 2 atom stereocenters. The molecule has 0 saturated carbocycles. The second-order valence-corrected chi connectivity index (χ2v) is 3.45. The minimum absolute atomic E-state index is 0.152. The molecule has 0 fully saturated rings. The monoisotopic (exact) mass is 203 g/mol. The van der Waals surface area contributed by atoms with Gasteiger partial charge in [-0.05, 0) is 12.8 Å². The lowest BCUT2D eigenvalue weighted by Crippen LogP contribution is -2.47. The Kier molecular flexibility index (Phi) is 5.15. The number of rotatable bonds is 5. The van der Waals surface area contributed by atoms with Crippen molar-refractivity contribution in [3.8, 4) is 0 Å². The largest absolute Gasteiger partial charge is 0.480 e. The number of methoxy groups -OCH3 is 1. The minimum atomic E-state index is -1.03. The lowest BCUT2D eigenvalue weighted by molar-refractivity contribution is -0.144. The highest BCUT2D eigenvalue weighted by molar-refractivity contribution is 5.86. The summed E-state index contributed by atoms with van der Waals surface area (Å²) in [6.45, 7) is 5.03. The van der Waals surface area contributed by atoms with Crippen molar-refractivity contribution in [1.82, 2.24) is 5.32 Å². The molecule has 0 aromatic carbocycles. The van der Waals surface area contributed by atoms with Gasteiger partial charge in [-0.2, -0.15) is 0 Å². The Balaban J connectivity index is 4.31. The fourth-order valence-electron chi connectivity index (χ4n) is 0.891. The van der Waals surface area contributed by atoms with Crippen LogP contribution in [0.15, 0.2) is 0 Å². The Bertz CT molecular complexity index is 215. The summed E-state index contributed by atoms with van der Waals surface area (Å²) in [7, 11) is 1.40. The van der Waals surface area contributed by atoms with Gasteiger partial charge in [0.2, 0.25) is 5.91 Å². The predicted molar refractivity (Wildman–Crippen MR) is 50.9 cm³/mol. The number of nitrogens with one attached hydrogen (secondary N) is 1. The first-order chi connectivity index (χ1) is 6.40. The number of carbonyl (C=O) groups is 2. The van der Waals surface area contributed by atoms with Crippen molar-refractivity contribution in [1.29, 1.82) is 0 Å². The van der Waals surface area contributed by atoms with E-state index in [1.165, 1.54) is 7.11 Å². The van der Waals surface area contributed by atoms with Crippen LogP contribution in [0.3, 0.4) is 0 Å². The number of carbonyl (C=O) groups excluding carboxylic acids is 1. The van der Waals surface area contributed by atoms with Crippen molar-refractivity contribution >= 4 is 11.9 Å². The molecule has 0 rings (SSSR count). The molecule has 82 valence electrons. The van der Waals surface area contributed by atoms with Gasteiger partial charge in [0.25, 0.3) is 0 Å². The molecule has 0 heterocycles. The van der Waals surface area contributed by atoms with Crippen LogP contribution in [0.4, 0.5) is 0 Å². The molecule has 0 aliphatic heterocycles. The Hall–Kier alpha value is -1.10. The van der Waals surface area contributed by atoms with E-state index in [9.17, 15) is 9.59 Å². The highest BCUT2D eigenvalue weighted by Gasteiger charge is 2.25. The Morgan fingerprint density at radius 3 is 2.07 bits per heavy atom. The van der Waals surface area contributed by atoms with Gasteiger partial charge in [0.05, 0.1) is 0 Å². The van der Waals surface area contributed by atoms with E-state index in [0.29, 0.717) is 0 Å². The molecule has 2 N–H and O–H groups in total. The first-order valence-corrected chi connectivity index (χ1v) is 4.46. The molecule has 5 heteroatoms. The van der Waals surface area contributed by atoms with E-state index in [2.05, 4.69) is 5.32 Å². The Morgan fingerprint density at radius 1 is 1.29 bits per heavy atom.